The molecule has 0 aliphatic heterocycles. The molecule has 4 nitrogen and oxygen atoms in total. The fourth-order valence-corrected chi connectivity index (χ4v) is 1.54. The summed E-state index contributed by atoms with van der Waals surface area (Å²) in [6.07, 6.45) is -2.45. The first kappa shape index (κ1) is 12.3. The highest BCUT2D eigenvalue weighted by molar-refractivity contribution is 6.31. The summed E-state index contributed by atoms with van der Waals surface area (Å²) in [5.74, 6) is 0. The molecule has 5 N–H and O–H groups in total. The van der Waals surface area contributed by atoms with Crippen LogP contribution in [0, 0.1) is 6.92 Å². The Kier molecular flexibility index (Phi) is 3.93. The van der Waals surface area contributed by atoms with Gasteiger partial charge < -0.3 is 21.1 Å². The smallest absolute Gasteiger partial charge is 0.109 e. The number of halogens is 1. The third kappa shape index (κ3) is 2.60. The fraction of sp³-hybridized carbons (Fsp3) is 0.400. The van der Waals surface area contributed by atoms with E-state index < -0.39 is 18.8 Å². The van der Waals surface area contributed by atoms with Gasteiger partial charge in [0.25, 0.3) is 0 Å². The molecule has 84 valence electrons. The van der Waals surface area contributed by atoms with Crippen LogP contribution in [0.1, 0.15) is 17.2 Å². The molecule has 0 heterocycles. The Labute approximate surface area is 92.9 Å². The average molecular weight is 232 g/mol. The second kappa shape index (κ2) is 4.81. The van der Waals surface area contributed by atoms with Crippen molar-refractivity contribution >= 4 is 17.3 Å². The SMILES string of the molecule is Cc1cc(C(O)C(O)CO)c(Cl)cc1N. The highest BCUT2D eigenvalue weighted by Crippen LogP contribution is 2.29. The Balaban J connectivity index is 3.09. The zero-order chi connectivity index (χ0) is 11.6. The third-order valence-electron chi connectivity index (χ3n) is 2.26. The van der Waals surface area contributed by atoms with Crippen molar-refractivity contribution in [2.45, 2.75) is 19.1 Å². The molecule has 0 aliphatic carbocycles. The zero-order valence-corrected chi connectivity index (χ0v) is 9.07. The Morgan fingerprint density at radius 3 is 2.53 bits per heavy atom. The molecular formula is C10H14ClNO3. The largest absolute Gasteiger partial charge is 0.398 e. The lowest BCUT2D eigenvalue weighted by Gasteiger charge is -2.18. The van der Waals surface area contributed by atoms with Crippen molar-refractivity contribution in [2.24, 2.45) is 0 Å². The van der Waals surface area contributed by atoms with Gasteiger partial charge >= 0.3 is 0 Å². The van der Waals surface area contributed by atoms with Gasteiger partial charge in [0, 0.05) is 16.3 Å². The van der Waals surface area contributed by atoms with Crippen LogP contribution in [0.4, 0.5) is 5.69 Å². The van der Waals surface area contributed by atoms with Crippen LogP contribution in [0.15, 0.2) is 12.1 Å². The quantitative estimate of drug-likeness (QED) is 0.575. The molecule has 0 fully saturated rings. The van der Waals surface area contributed by atoms with Gasteiger partial charge in [-0.3, -0.25) is 0 Å². The predicted octanol–water partition coefficient (Wildman–Crippen LogP) is 0.617. The van der Waals surface area contributed by atoms with Crippen molar-refractivity contribution in [3.05, 3.63) is 28.3 Å². The summed E-state index contributed by atoms with van der Waals surface area (Å²) in [6, 6.07) is 3.11. The predicted molar refractivity (Wildman–Crippen MR) is 58.7 cm³/mol. The van der Waals surface area contributed by atoms with Gasteiger partial charge in [-0.15, -0.1) is 0 Å². The highest BCUT2D eigenvalue weighted by atomic mass is 35.5. The van der Waals surface area contributed by atoms with Gasteiger partial charge in [-0.25, -0.2) is 0 Å². The van der Waals surface area contributed by atoms with Crippen molar-refractivity contribution in [1.29, 1.82) is 0 Å². The first-order chi connectivity index (χ1) is 6.97. The lowest BCUT2D eigenvalue weighted by Crippen LogP contribution is -2.22. The van der Waals surface area contributed by atoms with Gasteiger partial charge in [0.1, 0.15) is 12.2 Å². The van der Waals surface area contributed by atoms with E-state index in [1.807, 2.05) is 0 Å². The molecule has 0 aromatic heterocycles. The minimum atomic E-state index is -1.24. The normalized spacial score (nSPS) is 15.0. The van der Waals surface area contributed by atoms with E-state index in [1.165, 1.54) is 6.07 Å². The minimum absolute atomic E-state index is 0.276. The second-order valence-electron chi connectivity index (χ2n) is 3.43. The molecule has 1 aromatic rings. The summed E-state index contributed by atoms with van der Waals surface area (Å²) in [7, 11) is 0. The first-order valence-corrected chi connectivity index (χ1v) is 4.87. The number of nitrogen functional groups attached to an aromatic ring is 1. The fourth-order valence-electron chi connectivity index (χ4n) is 1.25. The molecule has 0 saturated carbocycles. The summed E-state index contributed by atoms with van der Waals surface area (Å²) in [6.45, 7) is 1.24. The molecule has 1 aromatic carbocycles. The zero-order valence-electron chi connectivity index (χ0n) is 8.31. The number of rotatable bonds is 3. The van der Waals surface area contributed by atoms with E-state index in [-0.39, 0.29) is 5.02 Å². The van der Waals surface area contributed by atoms with Crippen LogP contribution < -0.4 is 5.73 Å². The standard InChI is InChI=1S/C10H14ClNO3/c1-5-2-6(7(11)3-8(5)12)10(15)9(14)4-13/h2-3,9-10,13-15H,4,12H2,1H3. The van der Waals surface area contributed by atoms with Crippen LogP contribution in [0.5, 0.6) is 0 Å². The molecule has 0 saturated heterocycles. The summed E-state index contributed by atoms with van der Waals surface area (Å²) in [5, 5.41) is 27.9. The number of nitrogens with two attached hydrogens (primary N) is 1. The summed E-state index contributed by atoms with van der Waals surface area (Å²) in [5.41, 5.74) is 7.27. The number of benzene rings is 1. The Bertz CT molecular complexity index is 357. The number of anilines is 1. The Hall–Kier alpha value is -0.810. The van der Waals surface area contributed by atoms with Crippen molar-refractivity contribution in [2.75, 3.05) is 12.3 Å². The van der Waals surface area contributed by atoms with E-state index in [0.717, 1.165) is 5.56 Å². The van der Waals surface area contributed by atoms with E-state index in [1.54, 1.807) is 13.0 Å². The summed E-state index contributed by atoms with van der Waals surface area (Å²) in [4.78, 5) is 0. The van der Waals surface area contributed by atoms with Crippen LogP contribution in [0.2, 0.25) is 5.02 Å². The summed E-state index contributed by atoms with van der Waals surface area (Å²) < 4.78 is 0. The topological polar surface area (TPSA) is 86.7 Å². The van der Waals surface area contributed by atoms with Crippen LogP contribution in [-0.2, 0) is 0 Å². The van der Waals surface area contributed by atoms with Crippen molar-refractivity contribution in [3.63, 3.8) is 0 Å². The Morgan fingerprint density at radius 1 is 1.40 bits per heavy atom. The van der Waals surface area contributed by atoms with Crippen molar-refractivity contribution in [1.82, 2.24) is 0 Å². The lowest BCUT2D eigenvalue weighted by molar-refractivity contribution is -0.0152. The molecule has 0 amide bonds. The van der Waals surface area contributed by atoms with Crippen LogP contribution in [0.25, 0.3) is 0 Å². The molecule has 2 atom stereocenters. The van der Waals surface area contributed by atoms with E-state index in [0.29, 0.717) is 11.3 Å². The molecule has 5 heteroatoms. The van der Waals surface area contributed by atoms with Crippen LogP contribution in [0.3, 0.4) is 0 Å². The van der Waals surface area contributed by atoms with Crippen molar-refractivity contribution < 1.29 is 15.3 Å². The molecule has 2 unspecified atom stereocenters. The molecule has 0 bridgehead atoms. The number of hydrogen-bond acceptors (Lipinski definition) is 4. The average Bonchev–Trinajstić information content (AvgIpc) is 2.21. The maximum absolute atomic E-state index is 9.65. The van der Waals surface area contributed by atoms with Gasteiger partial charge in [-0.1, -0.05) is 11.6 Å². The number of hydrogen-bond donors (Lipinski definition) is 4. The minimum Gasteiger partial charge on any atom is -0.398 e. The van der Waals surface area contributed by atoms with E-state index in [4.69, 9.17) is 22.4 Å². The lowest BCUT2D eigenvalue weighted by atomic mass is 10.0. The maximum Gasteiger partial charge on any atom is 0.109 e. The molecule has 0 spiro atoms. The number of aliphatic hydroxyl groups excluding tert-OH is 3. The molecule has 1 rings (SSSR count). The van der Waals surface area contributed by atoms with Gasteiger partial charge in [0.15, 0.2) is 0 Å². The van der Waals surface area contributed by atoms with E-state index in [9.17, 15) is 10.2 Å². The van der Waals surface area contributed by atoms with Gasteiger partial charge in [-0.2, -0.15) is 0 Å². The first-order valence-electron chi connectivity index (χ1n) is 4.50. The van der Waals surface area contributed by atoms with Crippen LogP contribution >= 0.6 is 11.6 Å². The van der Waals surface area contributed by atoms with Crippen LogP contribution in [-0.4, -0.2) is 28.0 Å². The van der Waals surface area contributed by atoms with Gasteiger partial charge in [0.05, 0.1) is 6.61 Å². The molecule has 0 radical (unpaired) electrons. The monoisotopic (exact) mass is 231 g/mol. The number of aryl methyl sites for hydroxylation is 1. The van der Waals surface area contributed by atoms with Gasteiger partial charge in [0.2, 0.25) is 0 Å². The van der Waals surface area contributed by atoms with E-state index in [2.05, 4.69) is 0 Å². The van der Waals surface area contributed by atoms with Gasteiger partial charge in [-0.05, 0) is 24.6 Å². The van der Waals surface area contributed by atoms with E-state index >= 15 is 0 Å². The third-order valence-corrected chi connectivity index (χ3v) is 2.58. The Morgan fingerprint density at radius 2 is 2.00 bits per heavy atom. The molecular weight excluding hydrogens is 218 g/mol. The molecule has 15 heavy (non-hydrogen) atoms. The summed E-state index contributed by atoms with van der Waals surface area (Å²) >= 11 is 5.86. The highest BCUT2D eigenvalue weighted by Gasteiger charge is 2.20. The molecule has 0 aliphatic rings. The van der Waals surface area contributed by atoms with Crippen molar-refractivity contribution in [3.8, 4) is 0 Å². The second-order valence-corrected chi connectivity index (χ2v) is 3.83. The maximum atomic E-state index is 9.65. The number of aliphatic hydroxyl groups is 3.